The van der Waals surface area contributed by atoms with Crippen LogP contribution in [0, 0.1) is 0 Å². The maximum absolute atomic E-state index is 11.9. The van der Waals surface area contributed by atoms with Gasteiger partial charge in [0.25, 0.3) is 0 Å². The quantitative estimate of drug-likeness (QED) is 0.593. The molecule has 0 bridgehead atoms. The third-order valence-electron chi connectivity index (χ3n) is 3.53. The molecule has 1 aromatic carbocycles. The summed E-state index contributed by atoms with van der Waals surface area (Å²) in [6, 6.07) is 11.2. The van der Waals surface area contributed by atoms with E-state index < -0.39 is 0 Å². The highest BCUT2D eigenvalue weighted by atomic mass is 16.5. The summed E-state index contributed by atoms with van der Waals surface area (Å²) in [4.78, 5) is 11.9. The first-order valence-corrected chi connectivity index (χ1v) is 8.00. The van der Waals surface area contributed by atoms with Crippen molar-refractivity contribution in [2.45, 2.75) is 19.4 Å². The van der Waals surface area contributed by atoms with Crippen LogP contribution in [0.5, 0.6) is 0 Å². The van der Waals surface area contributed by atoms with Gasteiger partial charge in [-0.1, -0.05) is 12.1 Å². The number of nitrogens with one attached hydrogen (secondary N) is 1. The summed E-state index contributed by atoms with van der Waals surface area (Å²) in [5, 5.41) is 13.9. The van der Waals surface area contributed by atoms with Crippen LogP contribution < -0.4 is 5.32 Å². The Hall–Kier alpha value is -3.00. The van der Waals surface area contributed by atoms with Crippen LogP contribution in [-0.4, -0.2) is 39.3 Å². The van der Waals surface area contributed by atoms with Crippen molar-refractivity contribution in [1.82, 2.24) is 25.5 Å². The molecule has 2 heterocycles. The number of carbonyl (C=O) groups excluding carboxylic acids is 1. The Balaban J connectivity index is 1.32. The molecule has 8 nitrogen and oxygen atoms in total. The molecule has 3 aromatic rings. The predicted octanol–water partition coefficient (Wildman–Crippen LogP) is 1.52. The van der Waals surface area contributed by atoms with Crippen molar-refractivity contribution in [1.29, 1.82) is 0 Å². The van der Waals surface area contributed by atoms with Crippen LogP contribution in [0.2, 0.25) is 0 Å². The zero-order valence-corrected chi connectivity index (χ0v) is 13.7. The van der Waals surface area contributed by atoms with Gasteiger partial charge in [0.05, 0.1) is 18.4 Å². The molecule has 25 heavy (non-hydrogen) atoms. The van der Waals surface area contributed by atoms with Gasteiger partial charge in [-0.2, -0.15) is 0 Å². The molecule has 0 saturated heterocycles. The van der Waals surface area contributed by atoms with E-state index in [-0.39, 0.29) is 5.91 Å². The molecule has 0 saturated carbocycles. The van der Waals surface area contributed by atoms with Gasteiger partial charge in [-0.15, -0.1) is 5.10 Å². The Morgan fingerprint density at radius 3 is 2.84 bits per heavy atom. The van der Waals surface area contributed by atoms with E-state index in [1.54, 1.807) is 10.9 Å². The molecule has 130 valence electrons. The summed E-state index contributed by atoms with van der Waals surface area (Å²) in [5.41, 5.74) is 1.78. The van der Waals surface area contributed by atoms with Gasteiger partial charge in [-0.05, 0) is 46.7 Å². The summed E-state index contributed by atoms with van der Waals surface area (Å²) in [7, 11) is 0. The highest BCUT2D eigenvalue weighted by Gasteiger charge is 2.04. The number of hydrogen-bond donors (Lipinski definition) is 1. The molecular weight excluding hydrogens is 322 g/mol. The molecule has 0 radical (unpaired) electrons. The number of ether oxygens (including phenoxy) is 1. The van der Waals surface area contributed by atoms with Crippen molar-refractivity contribution in [3.05, 3.63) is 60.3 Å². The van der Waals surface area contributed by atoms with E-state index >= 15 is 0 Å². The fourth-order valence-corrected chi connectivity index (χ4v) is 2.26. The zero-order chi connectivity index (χ0) is 17.3. The van der Waals surface area contributed by atoms with Crippen molar-refractivity contribution in [2.24, 2.45) is 0 Å². The highest BCUT2D eigenvalue weighted by Crippen LogP contribution is 2.08. The van der Waals surface area contributed by atoms with Crippen LogP contribution in [0.4, 0.5) is 0 Å². The maximum Gasteiger partial charge on any atom is 0.224 e. The second-order valence-electron chi connectivity index (χ2n) is 5.43. The molecule has 0 aliphatic heterocycles. The number of tetrazole rings is 1. The van der Waals surface area contributed by atoms with Crippen LogP contribution in [-0.2, 0) is 22.6 Å². The predicted molar refractivity (Wildman–Crippen MR) is 88.8 cm³/mol. The summed E-state index contributed by atoms with van der Waals surface area (Å²) < 4.78 is 12.2. The summed E-state index contributed by atoms with van der Waals surface area (Å²) >= 11 is 0. The van der Waals surface area contributed by atoms with Crippen molar-refractivity contribution in [3.8, 4) is 5.69 Å². The van der Waals surface area contributed by atoms with Crippen LogP contribution >= 0.6 is 0 Å². The molecule has 1 N–H and O–H groups in total. The van der Waals surface area contributed by atoms with Gasteiger partial charge in [0.15, 0.2) is 0 Å². The average Bonchev–Trinajstić information content (AvgIpc) is 3.32. The number of furan rings is 1. The molecule has 0 aliphatic rings. The lowest BCUT2D eigenvalue weighted by molar-refractivity contribution is -0.120. The molecule has 3 rings (SSSR count). The Morgan fingerprint density at radius 2 is 2.12 bits per heavy atom. The van der Waals surface area contributed by atoms with Gasteiger partial charge in [0, 0.05) is 13.2 Å². The lowest BCUT2D eigenvalue weighted by Gasteiger charge is -2.06. The molecule has 0 atom stereocenters. The summed E-state index contributed by atoms with van der Waals surface area (Å²) in [6.07, 6.45) is 4.23. The molecule has 8 heteroatoms. The van der Waals surface area contributed by atoms with E-state index in [1.807, 2.05) is 36.4 Å². The topological polar surface area (TPSA) is 95.1 Å². The third-order valence-corrected chi connectivity index (χ3v) is 3.53. The highest BCUT2D eigenvalue weighted by molar-refractivity contribution is 5.78. The fourth-order valence-electron chi connectivity index (χ4n) is 2.26. The van der Waals surface area contributed by atoms with E-state index in [0.717, 1.165) is 23.4 Å². The zero-order valence-electron chi connectivity index (χ0n) is 13.7. The van der Waals surface area contributed by atoms with Crippen molar-refractivity contribution in [2.75, 3.05) is 13.2 Å². The second kappa shape index (κ2) is 8.74. The fraction of sp³-hybridized carbons (Fsp3) is 0.294. The van der Waals surface area contributed by atoms with E-state index in [1.165, 1.54) is 6.33 Å². The van der Waals surface area contributed by atoms with Gasteiger partial charge in [0.1, 0.15) is 18.7 Å². The van der Waals surface area contributed by atoms with Crippen molar-refractivity contribution >= 4 is 5.91 Å². The largest absolute Gasteiger partial charge is 0.467 e. The van der Waals surface area contributed by atoms with E-state index in [0.29, 0.717) is 26.2 Å². The van der Waals surface area contributed by atoms with E-state index in [4.69, 9.17) is 9.15 Å². The van der Waals surface area contributed by atoms with Gasteiger partial charge in [-0.3, -0.25) is 4.79 Å². The van der Waals surface area contributed by atoms with Crippen LogP contribution in [0.3, 0.4) is 0 Å². The SMILES string of the molecule is O=C(Cc1ccc(-n2cnnn2)cc1)NCCCOCc1ccco1. The molecule has 0 aliphatic carbocycles. The number of rotatable bonds is 9. The lowest BCUT2D eigenvalue weighted by Crippen LogP contribution is -2.26. The van der Waals surface area contributed by atoms with E-state index in [2.05, 4.69) is 20.8 Å². The Kier molecular flexibility index (Phi) is 5.89. The first-order valence-electron chi connectivity index (χ1n) is 8.00. The van der Waals surface area contributed by atoms with Gasteiger partial charge in [0.2, 0.25) is 5.91 Å². The van der Waals surface area contributed by atoms with Gasteiger partial charge >= 0.3 is 0 Å². The van der Waals surface area contributed by atoms with Crippen molar-refractivity contribution in [3.63, 3.8) is 0 Å². The molecule has 1 amide bonds. The lowest BCUT2D eigenvalue weighted by atomic mass is 10.1. The Morgan fingerprint density at radius 1 is 1.24 bits per heavy atom. The van der Waals surface area contributed by atoms with Crippen LogP contribution in [0.25, 0.3) is 5.69 Å². The van der Waals surface area contributed by atoms with Crippen LogP contribution in [0.15, 0.2) is 53.4 Å². The molecule has 2 aromatic heterocycles. The number of carbonyl (C=O) groups is 1. The minimum Gasteiger partial charge on any atom is -0.467 e. The Bertz CT molecular complexity index is 754. The monoisotopic (exact) mass is 341 g/mol. The van der Waals surface area contributed by atoms with Crippen LogP contribution in [0.1, 0.15) is 17.7 Å². The summed E-state index contributed by atoms with van der Waals surface area (Å²) in [5.74, 6) is 0.787. The van der Waals surface area contributed by atoms with Gasteiger partial charge in [-0.25, -0.2) is 4.68 Å². The smallest absolute Gasteiger partial charge is 0.224 e. The van der Waals surface area contributed by atoms with Gasteiger partial charge < -0.3 is 14.5 Å². The summed E-state index contributed by atoms with van der Waals surface area (Å²) in [6.45, 7) is 1.61. The standard InChI is InChI=1S/C17H19N5O3/c23-17(18-8-2-9-24-12-16-3-1-10-25-16)11-14-4-6-15(7-5-14)22-13-19-20-21-22/h1,3-7,10,13H,2,8-9,11-12H2,(H,18,23). The first kappa shape index (κ1) is 16.8. The normalized spacial score (nSPS) is 10.7. The number of nitrogens with zero attached hydrogens (tertiary/aromatic N) is 4. The average molecular weight is 341 g/mol. The van der Waals surface area contributed by atoms with E-state index in [9.17, 15) is 4.79 Å². The molecule has 0 unspecified atom stereocenters. The second-order valence-corrected chi connectivity index (χ2v) is 5.43. The number of amides is 1. The number of benzene rings is 1. The minimum atomic E-state index is -0.0128. The number of hydrogen-bond acceptors (Lipinski definition) is 6. The molecule has 0 spiro atoms. The Labute approximate surface area is 144 Å². The third kappa shape index (κ3) is 5.25. The first-order chi connectivity index (χ1) is 12.3. The molecule has 0 fully saturated rings. The molecular formula is C17H19N5O3. The maximum atomic E-state index is 11.9. The minimum absolute atomic E-state index is 0.0128. The number of aromatic nitrogens is 4. The van der Waals surface area contributed by atoms with Crippen molar-refractivity contribution < 1.29 is 13.9 Å².